The van der Waals surface area contributed by atoms with Crippen LogP contribution in [0.15, 0.2) is 23.1 Å². The van der Waals surface area contributed by atoms with Crippen LogP contribution in [0.3, 0.4) is 0 Å². The van der Waals surface area contributed by atoms with Gasteiger partial charge in [0.05, 0.1) is 0 Å². The van der Waals surface area contributed by atoms with Crippen LogP contribution in [0.25, 0.3) is 0 Å². The van der Waals surface area contributed by atoms with E-state index < -0.39 is 0 Å². The van der Waals surface area contributed by atoms with E-state index in [1.54, 1.807) is 23.9 Å². The molecule has 76 valence electrons. The van der Waals surface area contributed by atoms with Gasteiger partial charge in [-0.15, -0.1) is 0 Å². The van der Waals surface area contributed by atoms with Crippen molar-refractivity contribution in [1.82, 2.24) is 4.57 Å². The number of hydrogen-bond donors (Lipinski definition) is 1. The maximum absolute atomic E-state index is 11.3. The summed E-state index contributed by atoms with van der Waals surface area (Å²) < 4.78 is 1.57. The molecule has 1 aromatic rings. The second kappa shape index (κ2) is 2.87. The molecular formula is C11H16N2O. The maximum Gasteiger partial charge on any atom is 0.252 e. The van der Waals surface area contributed by atoms with Crippen molar-refractivity contribution in [2.45, 2.75) is 26.3 Å². The SMILES string of the molecule is Cn1ccc(NC2CC2(C)C)cc1=O. The Kier molecular flexibility index (Phi) is 1.91. The summed E-state index contributed by atoms with van der Waals surface area (Å²) in [7, 11) is 1.76. The molecule has 0 radical (unpaired) electrons. The van der Waals surface area contributed by atoms with Crippen molar-refractivity contribution in [3.63, 3.8) is 0 Å². The van der Waals surface area contributed by atoms with E-state index in [-0.39, 0.29) is 5.56 Å². The second-order valence-electron chi connectivity index (χ2n) is 4.75. The standard InChI is InChI=1S/C11H16N2O/c1-11(2)7-9(11)12-8-4-5-13(3)10(14)6-8/h4-6,9,12H,7H2,1-3H3. The van der Waals surface area contributed by atoms with Crippen molar-refractivity contribution in [3.8, 4) is 0 Å². The molecule has 14 heavy (non-hydrogen) atoms. The Morgan fingerprint density at radius 1 is 1.57 bits per heavy atom. The maximum atomic E-state index is 11.3. The minimum absolute atomic E-state index is 0.0356. The van der Waals surface area contributed by atoms with Gasteiger partial charge in [-0.2, -0.15) is 0 Å². The fourth-order valence-corrected chi connectivity index (χ4v) is 1.55. The van der Waals surface area contributed by atoms with Gasteiger partial charge in [-0.1, -0.05) is 13.8 Å². The van der Waals surface area contributed by atoms with E-state index in [0.29, 0.717) is 11.5 Å². The Bertz CT molecular complexity index is 406. The molecule has 3 heteroatoms. The van der Waals surface area contributed by atoms with E-state index >= 15 is 0 Å². The molecule has 1 aliphatic carbocycles. The summed E-state index contributed by atoms with van der Waals surface area (Å²) in [5, 5.41) is 3.36. The number of hydrogen-bond acceptors (Lipinski definition) is 2. The number of anilines is 1. The molecule has 0 aliphatic heterocycles. The van der Waals surface area contributed by atoms with Gasteiger partial charge in [0, 0.05) is 31.0 Å². The summed E-state index contributed by atoms with van der Waals surface area (Å²) in [5.74, 6) is 0. The normalized spacial score (nSPS) is 23.2. The number of aryl methyl sites for hydroxylation is 1. The first-order valence-electron chi connectivity index (χ1n) is 4.92. The first-order valence-corrected chi connectivity index (χ1v) is 4.92. The van der Waals surface area contributed by atoms with Gasteiger partial charge in [0.2, 0.25) is 0 Å². The first-order chi connectivity index (χ1) is 6.49. The lowest BCUT2D eigenvalue weighted by Gasteiger charge is -2.08. The molecule has 0 aromatic carbocycles. The molecule has 3 nitrogen and oxygen atoms in total. The largest absolute Gasteiger partial charge is 0.382 e. The van der Waals surface area contributed by atoms with Crippen molar-refractivity contribution < 1.29 is 0 Å². The van der Waals surface area contributed by atoms with E-state index in [0.717, 1.165) is 5.69 Å². The Hall–Kier alpha value is -1.25. The van der Waals surface area contributed by atoms with Crippen molar-refractivity contribution in [3.05, 3.63) is 28.7 Å². The monoisotopic (exact) mass is 192 g/mol. The molecule has 0 saturated heterocycles. The van der Waals surface area contributed by atoms with E-state index in [4.69, 9.17) is 0 Å². The molecule has 1 N–H and O–H groups in total. The topological polar surface area (TPSA) is 34.0 Å². The van der Waals surface area contributed by atoms with Gasteiger partial charge in [0.1, 0.15) is 0 Å². The van der Waals surface area contributed by atoms with Crippen LogP contribution in [0.4, 0.5) is 5.69 Å². The molecule has 2 rings (SSSR count). The fraction of sp³-hybridized carbons (Fsp3) is 0.545. The quantitative estimate of drug-likeness (QED) is 0.772. The van der Waals surface area contributed by atoms with Crippen LogP contribution in [0, 0.1) is 5.41 Å². The van der Waals surface area contributed by atoms with Crippen LogP contribution in [0.1, 0.15) is 20.3 Å². The predicted molar refractivity (Wildman–Crippen MR) is 57.5 cm³/mol. The van der Waals surface area contributed by atoms with Crippen LogP contribution >= 0.6 is 0 Å². The smallest absolute Gasteiger partial charge is 0.252 e. The molecule has 0 bridgehead atoms. The minimum Gasteiger partial charge on any atom is -0.382 e. The molecule has 0 amide bonds. The predicted octanol–water partition coefficient (Wildman–Crippen LogP) is 1.60. The third kappa shape index (κ3) is 1.67. The number of nitrogens with one attached hydrogen (secondary N) is 1. The van der Waals surface area contributed by atoms with Gasteiger partial charge in [0.25, 0.3) is 5.56 Å². The average Bonchev–Trinajstić information content (AvgIpc) is 2.67. The van der Waals surface area contributed by atoms with Crippen molar-refractivity contribution >= 4 is 5.69 Å². The zero-order chi connectivity index (χ0) is 10.3. The lowest BCUT2D eigenvalue weighted by molar-refractivity contribution is 0.630. The zero-order valence-corrected chi connectivity index (χ0v) is 8.87. The Morgan fingerprint density at radius 2 is 2.21 bits per heavy atom. The molecule has 1 saturated carbocycles. The summed E-state index contributed by atoms with van der Waals surface area (Å²) in [4.78, 5) is 11.3. The summed E-state index contributed by atoms with van der Waals surface area (Å²) in [6.07, 6.45) is 2.97. The van der Waals surface area contributed by atoms with Gasteiger partial charge in [0.15, 0.2) is 0 Å². The van der Waals surface area contributed by atoms with Crippen molar-refractivity contribution in [2.24, 2.45) is 12.5 Å². The minimum atomic E-state index is 0.0356. The van der Waals surface area contributed by atoms with E-state index in [2.05, 4.69) is 19.2 Å². The summed E-state index contributed by atoms with van der Waals surface area (Å²) in [6, 6.07) is 4.11. The molecule has 1 fully saturated rings. The zero-order valence-electron chi connectivity index (χ0n) is 8.87. The van der Waals surface area contributed by atoms with E-state index in [1.807, 2.05) is 6.07 Å². The first kappa shape index (κ1) is 9.31. The molecule has 1 unspecified atom stereocenters. The molecule has 1 atom stereocenters. The van der Waals surface area contributed by atoms with E-state index in [1.165, 1.54) is 6.42 Å². The summed E-state index contributed by atoms with van der Waals surface area (Å²) in [6.45, 7) is 4.46. The highest BCUT2D eigenvalue weighted by molar-refractivity contribution is 5.44. The van der Waals surface area contributed by atoms with Crippen molar-refractivity contribution in [1.29, 1.82) is 0 Å². The molecular weight excluding hydrogens is 176 g/mol. The fourth-order valence-electron chi connectivity index (χ4n) is 1.55. The van der Waals surface area contributed by atoms with Crippen LogP contribution in [0.2, 0.25) is 0 Å². The Balaban J connectivity index is 2.12. The molecule has 1 aromatic heterocycles. The number of aromatic nitrogens is 1. The number of rotatable bonds is 2. The number of pyridine rings is 1. The van der Waals surface area contributed by atoms with Crippen LogP contribution < -0.4 is 10.9 Å². The lowest BCUT2D eigenvalue weighted by Crippen LogP contribution is -2.17. The number of nitrogens with zero attached hydrogens (tertiary/aromatic N) is 1. The van der Waals surface area contributed by atoms with Gasteiger partial charge in [-0.05, 0) is 17.9 Å². The van der Waals surface area contributed by atoms with E-state index in [9.17, 15) is 4.79 Å². The molecule has 0 spiro atoms. The van der Waals surface area contributed by atoms with Gasteiger partial charge >= 0.3 is 0 Å². The van der Waals surface area contributed by atoms with Crippen molar-refractivity contribution in [2.75, 3.05) is 5.32 Å². The highest BCUT2D eigenvalue weighted by atomic mass is 16.1. The highest BCUT2D eigenvalue weighted by Gasteiger charge is 2.45. The van der Waals surface area contributed by atoms with Gasteiger partial charge < -0.3 is 9.88 Å². The second-order valence-corrected chi connectivity index (χ2v) is 4.75. The third-order valence-electron chi connectivity index (χ3n) is 2.96. The highest BCUT2D eigenvalue weighted by Crippen LogP contribution is 2.46. The molecule has 1 aliphatic rings. The average molecular weight is 192 g/mol. The third-order valence-corrected chi connectivity index (χ3v) is 2.96. The lowest BCUT2D eigenvalue weighted by atomic mass is 10.2. The summed E-state index contributed by atoms with van der Waals surface area (Å²) in [5.41, 5.74) is 1.36. The van der Waals surface area contributed by atoms with Gasteiger partial charge in [-0.25, -0.2) is 0 Å². The van der Waals surface area contributed by atoms with Crippen LogP contribution in [-0.4, -0.2) is 10.6 Å². The van der Waals surface area contributed by atoms with Crippen LogP contribution in [-0.2, 0) is 7.05 Å². The van der Waals surface area contributed by atoms with Gasteiger partial charge in [-0.3, -0.25) is 4.79 Å². The Morgan fingerprint density at radius 3 is 2.71 bits per heavy atom. The summed E-state index contributed by atoms with van der Waals surface area (Å²) >= 11 is 0. The Labute approximate surface area is 83.8 Å². The van der Waals surface area contributed by atoms with Crippen LogP contribution in [0.5, 0.6) is 0 Å². The molecule has 1 heterocycles.